The van der Waals surface area contributed by atoms with Crippen LogP contribution in [0.2, 0.25) is 0 Å². The van der Waals surface area contributed by atoms with Crippen LogP contribution in [-0.2, 0) is 6.42 Å². The molecule has 32 heavy (non-hydrogen) atoms. The summed E-state index contributed by atoms with van der Waals surface area (Å²) in [6.45, 7) is 4.57. The molecule has 0 radical (unpaired) electrons. The van der Waals surface area contributed by atoms with Crippen LogP contribution in [-0.4, -0.2) is 42.6 Å². The number of H-pyrrole nitrogens is 1. The highest BCUT2D eigenvalue weighted by molar-refractivity contribution is 5.85. The number of aryl methyl sites for hydroxylation is 1. The van der Waals surface area contributed by atoms with Gasteiger partial charge in [0.05, 0.1) is 28.4 Å². The van der Waals surface area contributed by atoms with E-state index in [9.17, 15) is 10.5 Å². The number of anilines is 1. The molecular weight excluding hydrogens is 420 g/mol. The molecule has 0 bridgehead atoms. The molecular formula is C25H25ClN6. The molecule has 1 fully saturated rings. The van der Waals surface area contributed by atoms with E-state index >= 15 is 0 Å². The molecule has 0 saturated carbocycles. The summed E-state index contributed by atoms with van der Waals surface area (Å²) in [5, 5.41) is 29.1. The summed E-state index contributed by atoms with van der Waals surface area (Å²) in [4.78, 5) is 7.93. The second-order valence-corrected chi connectivity index (χ2v) is 7.90. The first-order chi connectivity index (χ1) is 15.2. The third-order valence-electron chi connectivity index (χ3n) is 6.03. The molecule has 1 N–H and O–H groups in total. The van der Waals surface area contributed by atoms with E-state index in [1.165, 1.54) is 5.56 Å². The number of hydrogen-bond donors (Lipinski definition) is 1. The van der Waals surface area contributed by atoms with Crippen molar-refractivity contribution in [2.24, 2.45) is 0 Å². The maximum Gasteiger partial charge on any atom is 0.101 e. The van der Waals surface area contributed by atoms with Gasteiger partial charge in [-0.15, -0.1) is 12.4 Å². The number of aromatic amines is 1. The number of nitriles is 3. The van der Waals surface area contributed by atoms with Crippen molar-refractivity contribution in [3.63, 3.8) is 0 Å². The first-order valence-corrected chi connectivity index (χ1v) is 10.6. The van der Waals surface area contributed by atoms with E-state index in [4.69, 9.17) is 5.26 Å². The Morgan fingerprint density at radius 3 is 2.25 bits per heavy atom. The number of hydrogen-bond acceptors (Lipinski definition) is 5. The monoisotopic (exact) mass is 444 g/mol. The molecule has 0 aliphatic carbocycles. The number of rotatable bonds is 6. The first-order valence-electron chi connectivity index (χ1n) is 10.6. The number of piperazine rings is 1. The molecule has 0 spiro atoms. The van der Waals surface area contributed by atoms with E-state index in [1.807, 2.05) is 18.2 Å². The maximum atomic E-state index is 9.42. The van der Waals surface area contributed by atoms with Gasteiger partial charge in [-0.25, -0.2) is 0 Å². The summed E-state index contributed by atoms with van der Waals surface area (Å²) in [5.74, 6) is 0. The van der Waals surface area contributed by atoms with Gasteiger partial charge in [-0.1, -0.05) is 6.07 Å². The van der Waals surface area contributed by atoms with Gasteiger partial charge in [0.15, 0.2) is 0 Å². The van der Waals surface area contributed by atoms with Crippen LogP contribution in [0.4, 0.5) is 5.69 Å². The van der Waals surface area contributed by atoms with Crippen LogP contribution in [0.5, 0.6) is 0 Å². The Hall–Kier alpha value is -3.50. The van der Waals surface area contributed by atoms with Crippen LogP contribution >= 0.6 is 12.4 Å². The van der Waals surface area contributed by atoms with Gasteiger partial charge in [-0.3, -0.25) is 4.90 Å². The lowest BCUT2D eigenvalue weighted by atomic mass is 10.0. The van der Waals surface area contributed by atoms with Gasteiger partial charge in [0.1, 0.15) is 12.1 Å². The van der Waals surface area contributed by atoms with Crippen molar-refractivity contribution in [2.75, 3.05) is 37.6 Å². The fourth-order valence-corrected chi connectivity index (χ4v) is 4.37. The van der Waals surface area contributed by atoms with E-state index in [0.717, 1.165) is 68.6 Å². The summed E-state index contributed by atoms with van der Waals surface area (Å²) in [7, 11) is 0. The van der Waals surface area contributed by atoms with E-state index in [-0.39, 0.29) is 12.4 Å². The van der Waals surface area contributed by atoms with E-state index in [0.29, 0.717) is 16.7 Å². The molecule has 1 aliphatic heterocycles. The molecule has 4 rings (SSSR count). The van der Waals surface area contributed by atoms with Crippen LogP contribution in [0.15, 0.2) is 42.6 Å². The van der Waals surface area contributed by atoms with Crippen LogP contribution in [0.25, 0.3) is 10.9 Å². The molecule has 162 valence electrons. The summed E-state index contributed by atoms with van der Waals surface area (Å²) in [6, 6.07) is 17.8. The standard InChI is InChI=1S/C25H24N6.ClH/c26-15-19-7-8-24-23(14-19)22(18-29-24)4-1-2-9-30-10-12-31(13-11-30)25-20(16-27)5-3-6-21(25)17-28;/h3,5-8,14,18,29H,1-2,4,9-13H2;1H. The zero-order chi connectivity index (χ0) is 21.6. The van der Waals surface area contributed by atoms with E-state index in [2.05, 4.69) is 39.2 Å². The fourth-order valence-electron chi connectivity index (χ4n) is 4.37. The molecule has 6 nitrogen and oxygen atoms in total. The lowest BCUT2D eigenvalue weighted by molar-refractivity contribution is 0.253. The van der Waals surface area contributed by atoms with Crippen LogP contribution in [0, 0.1) is 34.0 Å². The summed E-state index contributed by atoms with van der Waals surface area (Å²) in [5.41, 5.74) is 4.98. The second kappa shape index (κ2) is 10.7. The molecule has 2 heterocycles. The third-order valence-corrected chi connectivity index (χ3v) is 6.03. The summed E-state index contributed by atoms with van der Waals surface area (Å²) < 4.78 is 0. The zero-order valence-electron chi connectivity index (χ0n) is 17.8. The van der Waals surface area contributed by atoms with Crippen molar-refractivity contribution in [3.05, 3.63) is 64.8 Å². The smallest absolute Gasteiger partial charge is 0.101 e. The first kappa shape index (κ1) is 23.2. The summed E-state index contributed by atoms with van der Waals surface area (Å²) >= 11 is 0. The number of nitrogens with one attached hydrogen (secondary N) is 1. The molecule has 1 aromatic heterocycles. The quantitative estimate of drug-likeness (QED) is 0.570. The van der Waals surface area contributed by atoms with Gasteiger partial charge in [0.2, 0.25) is 0 Å². The molecule has 3 aromatic rings. The van der Waals surface area contributed by atoms with E-state index < -0.39 is 0 Å². The van der Waals surface area contributed by atoms with Crippen LogP contribution < -0.4 is 4.90 Å². The highest BCUT2D eigenvalue weighted by atomic mass is 35.5. The van der Waals surface area contributed by atoms with Crippen molar-refractivity contribution in [1.29, 1.82) is 15.8 Å². The number of fused-ring (bicyclic) bond motifs is 1. The van der Waals surface area contributed by atoms with Gasteiger partial charge in [-0.2, -0.15) is 15.8 Å². The van der Waals surface area contributed by atoms with Crippen molar-refractivity contribution in [3.8, 4) is 18.2 Å². The van der Waals surface area contributed by atoms with Crippen molar-refractivity contribution < 1.29 is 0 Å². The molecule has 1 saturated heterocycles. The van der Waals surface area contributed by atoms with Crippen LogP contribution in [0.3, 0.4) is 0 Å². The maximum absolute atomic E-state index is 9.42. The Morgan fingerprint density at radius 2 is 1.59 bits per heavy atom. The molecule has 0 atom stereocenters. The number of nitrogens with zero attached hydrogens (tertiary/aromatic N) is 5. The Bertz CT molecular complexity index is 1170. The Morgan fingerprint density at radius 1 is 0.875 bits per heavy atom. The van der Waals surface area contributed by atoms with Gasteiger partial charge in [-0.05, 0) is 61.7 Å². The third kappa shape index (κ3) is 4.87. The average Bonchev–Trinajstić information content (AvgIpc) is 3.23. The lowest BCUT2D eigenvalue weighted by Gasteiger charge is -2.36. The number of para-hydroxylation sites is 1. The molecule has 1 aliphatic rings. The lowest BCUT2D eigenvalue weighted by Crippen LogP contribution is -2.47. The van der Waals surface area contributed by atoms with Gasteiger partial charge < -0.3 is 9.88 Å². The molecule has 7 heteroatoms. The van der Waals surface area contributed by atoms with Crippen LogP contribution in [0.1, 0.15) is 35.1 Å². The highest BCUT2D eigenvalue weighted by Gasteiger charge is 2.21. The molecule has 2 aromatic carbocycles. The van der Waals surface area contributed by atoms with Crippen molar-refractivity contribution >= 4 is 29.0 Å². The number of halogens is 1. The predicted molar refractivity (Wildman–Crippen MR) is 128 cm³/mol. The van der Waals surface area contributed by atoms with E-state index in [1.54, 1.807) is 18.2 Å². The molecule has 0 unspecified atom stereocenters. The largest absolute Gasteiger partial charge is 0.367 e. The van der Waals surface area contributed by atoms with Gasteiger partial charge in [0, 0.05) is 43.3 Å². The topological polar surface area (TPSA) is 93.6 Å². The normalized spacial score (nSPS) is 13.7. The Kier molecular flexibility index (Phi) is 7.74. The van der Waals surface area contributed by atoms with Crippen molar-refractivity contribution in [1.82, 2.24) is 9.88 Å². The minimum Gasteiger partial charge on any atom is -0.367 e. The minimum atomic E-state index is 0. The second-order valence-electron chi connectivity index (χ2n) is 7.90. The number of benzene rings is 2. The zero-order valence-corrected chi connectivity index (χ0v) is 18.7. The Balaban J connectivity index is 0.00000289. The number of unbranched alkanes of at least 4 members (excludes halogenated alkanes) is 1. The van der Waals surface area contributed by atoms with Gasteiger partial charge in [0.25, 0.3) is 0 Å². The SMILES string of the molecule is Cl.N#Cc1ccc2[nH]cc(CCCCN3CCN(c4c(C#N)cccc4C#N)CC3)c2c1. The predicted octanol–water partition coefficient (Wildman–Crippen LogP) is 4.35. The van der Waals surface area contributed by atoms with Crippen molar-refractivity contribution in [2.45, 2.75) is 19.3 Å². The molecule has 0 amide bonds. The average molecular weight is 445 g/mol. The fraction of sp³-hybridized carbons (Fsp3) is 0.320. The minimum absolute atomic E-state index is 0. The van der Waals surface area contributed by atoms with Gasteiger partial charge >= 0.3 is 0 Å². The Labute approximate surface area is 194 Å². The number of aromatic nitrogens is 1. The summed E-state index contributed by atoms with van der Waals surface area (Å²) in [6.07, 6.45) is 5.27. The highest BCUT2D eigenvalue weighted by Crippen LogP contribution is 2.26.